The fourth-order valence-corrected chi connectivity index (χ4v) is 2.68. The van der Waals surface area contributed by atoms with Crippen molar-refractivity contribution in [3.63, 3.8) is 0 Å². The lowest BCUT2D eigenvalue weighted by molar-refractivity contribution is -0.144. The molecule has 20 heavy (non-hydrogen) atoms. The van der Waals surface area contributed by atoms with E-state index in [1.807, 2.05) is 38.1 Å². The van der Waals surface area contributed by atoms with Gasteiger partial charge in [0.05, 0.1) is 7.11 Å². The molecule has 1 unspecified atom stereocenters. The molecule has 0 spiro atoms. The van der Waals surface area contributed by atoms with Crippen LogP contribution < -0.4 is 4.90 Å². The number of para-hydroxylation sites is 1. The van der Waals surface area contributed by atoms with Gasteiger partial charge in [-0.2, -0.15) is 0 Å². The molecule has 0 aliphatic carbocycles. The van der Waals surface area contributed by atoms with E-state index >= 15 is 0 Å². The predicted molar refractivity (Wildman–Crippen MR) is 77.5 cm³/mol. The highest BCUT2D eigenvalue weighted by Crippen LogP contribution is 2.31. The third kappa shape index (κ3) is 2.84. The zero-order valence-electron chi connectivity index (χ0n) is 12.3. The molecule has 1 amide bonds. The maximum absolute atomic E-state index is 12.3. The molecule has 4 heteroatoms. The molecule has 0 bridgehead atoms. The number of carbonyl (C=O) groups is 2. The van der Waals surface area contributed by atoms with E-state index in [2.05, 4.69) is 0 Å². The highest BCUT2D eigenvalue weighted by Gasteiger charge is 2.35. The summed E-state index contributed by atoms with van der Waals surface area (Å²) in [7, 11) is 1.37. The van der Waals surface area contributed by atoms with Crippen LogP contribution in [0.25, 0.3) is 0 Å². The Hall–Kier alpha value is -1.84. The monoisotopic (exact) mass is 275 g/mol. The van der Waals surface area contributed by atoms with Crippen LogP contribution in [0.1, 0.15) is 32.3 Å². The maximum Gasteiger partial charge on any atom is 0.328 e. The summed E-state index contributed by atoms with van der Waals surface area (Å²) >= 11 is 0. The van der Waals surface area contributed by atoms with E-state index in [4.69, 9.17) is 4.74 Å². The van der Waals surface area contributed by atoms with Crippen molar-refractivity contribution in [1.82, 2.24) is 0 Å². The van der Waals surface area contributed by atoms with Crippen LogP contribution in [-0.4, -0.2) is 25.0 Å². The Morgan fingerprint density at radius 3 is 2.65 bits per heavy atom. The summed E-state index contributed by atoms with van der Waals surface area (Å²) in [6, 6.07) is 7.24. The number of rotatable bonds is 4. The van der Waals surface area contributed by atoms with Gasteiger partial charge in [0.1, 0.15) is 6.04 Å². The van der Waals surface area contributed by atoms with Crippen molar-refractivity contribution in [2.45, 2.75) is 39.2 Å². The number of benzene rings is 1. The number of carbonyl (C=O) groups excluding carboxylic acids is 2. The van der Waals surface area contributed by atoms with E-state index in [-0.39, 0.29) is 11.9 Å². The molecule has 0 saturated heterocycles. The number of hydrogen-bond donors (Lipinski definition) is 0. The topological polar surface area (TPSA) is 46.6 Å². The van der Waals surface area contributed by atoms with Crippen LogP contribution in [-0.2, 0) is 20.7 Å². The Morgan fingerprint density at radius 2 is 2.00 bits per heavy atom. The first-order chi connectivity index (χ1) is 9.54. The zero-order chi connectivity index (χ0) is 14.7. The van der Waals surface area contributed by atoms with Gasteiger partial charge in [0, 0.05) is 12.1 Å². The number of aryl methyl sites for hydroxylation is 1. The average Bonchev–Trinajstić information content (AvgIpc) is 2.44. The van der Waals surface area contributed by atoms with Crippen LogP contribution in [0.4, 0.5) is 5.69 Å². The first-order valence-corrected chi connectivity index (χ1v) is 7.02. The van der Waals surface area contributed by atoms with Crippen molar-refractivity contribution >= 4 is 17.6 Å². The van der Waals surface area contributed by atoms with Gasteiger partial charge in [-0.25, -0.2) is 4.79 Å². The van der Waals surface area contributed by atoms with Gasteiger partial charge in [0.2, 0.25) is 5.91 Å². The largest absolute Gasteiger partial charge is 0.467 e. The molecular weight excluding hydrogens is 254 g/mol. The number of anilines is 1. The van der Waals surface area contributed by atoms with Gasteiger partial charge in [-0.1, -0.05) is 32.0 Å². The Bertz CT molecular complexity index is 510. The highest BCUT2D eigenvalue weighted by molar-refractivity contribution is 6.01. The second-order valence-electron chi connectivity index (χ2n) is 5.56. The number of esters is 1. The van der Waals surface area contributed by atoms with Gasteiger partial charge >= 0.3 is 5.97 Å². The van der Waals surface area contributed by atoms with E-state index in [9.17, 15) is 9.59 Å². The SMILES string of the molecule is COC(=O)C(CC(C)C)N1C(=O)CCc2ccccc21. The molecule has 4 nitrogen and oxygen atoms in total. The second kappa shape index (κ2) is 6.07. The van der Waals surface area contributed by atoms with E-state index in [1.165, 1.54) is 7.11 Å². The molecule has 2 rings (SSSR count). The molecule has 0 aromatic heterocycles. The fraction of sp³-hybridized carbons (Fsp3) is 0.500. The molecule has 0 saturated carbocycles. The lowest BCUT2D eigenvalue weighted by atomic mass is 9.95. The second-order valence-corrected chi connectivity index (χ2v) is 5.56. The van der Waals surface area contributed by atoms with Crippen LogP contribution in [0.3, 0.4) is 0 Å². The predicted octanol–water partition coefficient (Wildman–Crippen LogP) is 2.55. The minimum atomic E-state index is -0.533. The first kappa shape index (κ1) is 14.6. The van der Waals surface area contributed by atoms with Crippen molar-refractivity contribution in [3.05, 3.63) is 29.8 Å². The summed E-state index contributed by atoms with van der Waals surface area (Å²) in [5, 5.41) is 0. The zero-order valence-corrected chi connectivity index (χ0v) is 12.3. The molecule has 0 radical (unpaired) electrons. The summed E-state index contributed by atoms with van der Waals surface area (Å²) in [5.74, 6) is -0.0375. The minimum Gasteiger partial charge on any atom is -0.467 e. The molecule has 1 aliphatic heterocycles. The third-order valence-electron chi connectivity index (χ3n) is 3.61. The first-order valence-electron chi connectivity index (χ1n) is 7.02. The molecule has 1 aromatic carbocycles. The number of amides is 1. The molecule has 108 valence electrons. The number of fused-ring (bicyclic) bond motifs is 1. The van der Waals surface area contributed by atoms with Gasteiger partial charge < -0.3 is 4.74 Å². The van der Waals surface area contributed by atoms with E-state index < -0.39 is 6.04 Å². The summed E-state index contributed by atoms with van der Waals surface area (Å²) in [5.41, 5.74) is 1.96. The summed E-state index contributed by atoms with van der Waals surface area (Å²) in [4.78, 5) is 26.0. The van der Waals surface area contributed by atoms with Crippen molar-refractivity contribution in [2.75, 3.05) is 12.0 Å². The summed E-state index contributed by atoms with van der Waals surface area (Å²) in [6.45, 7) is 4.08. The molecule has 0 N–H and O–H groups in total. The van der Waals surface area contributed by atoms with Crippen LogP contribution in [0.5, 0.6) is 0 Å². The molecule has 1 aromatic rings. The van der Waals surface area contributed by atoms with Gasteiger partial charge in [0.25, 0.3) is 0 Å². The van der Waals surface area contributed by atoms with Crippen molar-refractivity contribution in [2.24, 2.45) is 5.92 Å². The average molecular weight is 275 g/mol. The Labute approximate surface area is 119 Å². The lowest BCUT2D eigenvalue weighted by Gasteiger charge is -2.35. The number of nitrogens with zero attached hydrogens (tertiary/aromatic N) is 1. The molecule has 1 heterocycles. The number of hydrogen-bond acceptors (Lipinski definition) is 3. The fourth-order valence-electron chi connectivity index (χ4n) is 2.68. The Kier molecular flexibility index (Phi) is 4.42. The Morgan fingerprint density at radius 1 is 1.30 bits per heavy atom. The standard InChI is InChI=1S/C16H21NO3/c1-11(2)10-14(16(19)20-3)17-13-7-5-4-6-12(13)8-9-15(17)18/h4-7,11,14H,8-10H2,1-3H3. The van der Waals surface area contributed by atoms with E-state index in [0.29, 0.717) is 18.8 Å². The molecule has 1 atom stereocenters. The third-order valence-corrected chi connectivity index (χ3v) is 3.61. The molecular formula is C16H21NO3. The maximum atomic E-state index is 12.3. The van der Waals surface area contributed by atoms with Crippen molar-refractivity contribution in [1.29, 1.82) is 0 Å². The highest BCUT2D eigenvalue weighted by atomic mass is 16.5. The van der Waals surface area contributed by atoms with Crippen LogP contribution in [0.2, 0.25) is 0 Å². The van der Waals surface area contributed by atoms with Crippen LogP contribution >= 0.6 is 0 Å². The van der Waals surface area contributed by atoms with Gasteiger partial charge in [-0.05, 0) is 30.4 Å². The summed E-state index contributed by atoms with van der Waals surface area (Å²) in [6.07, 6.45) is 1.79. The van der Waals surface area contributed by atoms with Crippen LogP contribution in [0, 0.1) is 5.92 Å². The molecule has 1 aliphatic rings. The Balaban J connectivity index is 2.41. The smallest absolute Gasteiger partial charge is 0.328 e. The van der Waals surface area contributed by atoms with Gasteiger partial charge in [0.15, 0.2) is 0 Å². The normalized spacial score (nSPS) is 16.0. The van der Waals surface area contributed by atoms with E-state index in [0.717, 1.165) is 17.7 Å². The summed E-state index contributed by atoms with van der Waals surface area (Å²) < 4.78 is 4.90. The minimum absolute atomic E-state index is 0.000231. The molecule has 0 fully saturated rings. The van der Waals surface area contributed by atoms with Gasteiger partial charge in [-0.15, -0.1) is 0 Å². The van der Waals surface area contributed by atoms with Crippen LogP contribution in [0.15, 0.2) is 24.3 Å². The number of ether oxygens (including phenoxy) is 1. The lowest BCUT2D eigenvalue weighted by Crippen LogP contribution is -2.48. The van der Waals surface area contributed by atoms with Gasteiger partial charge in [-0.3, -0.25) is 9.69 Å². The van der Waals surface area contributed by atoms with Crippen molar-refractivity contribution < 1.29 is 14.3 Å². The van der Waals surface area contributed by atoms with Crippen molar-refractivity contribution in [3.8, 4) is 0 Å². The van der Waals surface area contributed by atoms with E-state index in [1.54, 1.807) is 4.90 Å². The quantitative estimate of drug-likeness (QED) is 0.793. The number of methoxy groups -OCH3 is 1.